The highest BCUT2D eigenvalue weighted by Crippen LogP contribution is 2.18. The van der Waals surface area contributed by atoms with Crippen LogP contribution in [0.5, 0.6) is 5.75 Å². The third kappa shape index (κ3) is 5.34. The number of benzene rings is 2. The number of anilines is 1. The maximum atomic E-state index is 12.9. The molecule has 0 radical (unpaired) electrons. The van der Waals surface area contributed by atoms with Crippen molar-refractivity contribution in [3.05, 3.63) is 60.7 Å². The first-order valence-corrected chi connectivity index (χ1v) is 11.1. The van der Waals surface area contributed by atoms with Crippen LogP contribution in [-0.4, -0.2) is 32.5 Å². The fourth-order valence-corrected chi connectivity index (χ4v) is 4.25. The fourth-order valence-electron chi connectivity index (χ4n) is 3.04. The second-order valence-electron chi connectivity index (χ2n) is 7.36. The molecule has 3 aromatic rings. The molecule has 0 saturated carbocycles. The topological polar surface area (TPSA) is 97.4 Å². The highest BCUT2D eigenvalue weighted by Gasteiger charge is 2.27. The monoisotopic (exact) mass is 427 g/mol. The Balaban J connectivity index is 1.80. The molecule has 3 rings (SSSR count). The second-order valence-corrected chi connectivity index (χ2v) is 9.07. The summed E-state index contributed by atoms with van der Waals surface area (Å²) in [6, 6.07) is 16.2. The van der Waals surface area contributed by atoms with Gasteiger partial charge in [0.25, 0.3) is 0 Å². The lowest BCUT2D eigenvalue weighted by atomic mass is 10.0. The maximum absolute atomic E-state index is 12.9. The Morgan fingerprint density at radius 1 is 1.03 bits per heavy atom. The van der Waals surface area contributed by atoms with E-state index in [1.165, 1.54) is 19.2 Å². The fraction of sp³-hybridized carbons (Fsp3) is 0.273. The number of nitrogens with zero attached hydrogens (tertiary/aromatic N) is 1. The molecule has 30 heavy (non-hydrogen) atoms. The van der Waals surface area contributed by atoms with Gasteiger partial charge in [-0.25, -0.2) is 13.4 Å². The molecule has 0 saturated heterocycles. The first kappa shape index (κ1) is 21.7. The van der Waals surface area contributed by atoms with Crippen molar-refractivity contribution in [1.82, 2.24) is 9.71 Å². The van der Waals surface area contributed by atoms with Gasteiger partial charge in [-0.3, -0.25) is 4.79 Å². The molecule has 1 amide bonds. The van der Waals surface area contributed by atoms with Gasteiger partial charge in [-0.2, -0.15) is 4.72 Å². The molecule has 7 nitrogen and oxygen atoms in total. The summed E-state index contributed by atoms with van der Waals surface area (Å²) in [5, 5.41) is 3.69. The van der Waals surface area contributed by atoms with Crippen LogP contribution in [0, 0.1) is 5.92 Å². The van der Waals surface area contributed by atoms with E-state index in [9.17, 15) is 13.2 Å². The quantitative estimate of drug-likeness (QED) is 0.573. The Labute approximate surface area is 176 Å². The van der Waals surface area contributed by atoms with Crippen LogP contribution in [0.4, 0.5) is 5.82 Å². The largest absolute Gasteiger partial charge is 0.497 e. The van der Waals surface area contributed by atoms with Crippen molar-refractivity contribution in [2.75, 3.05) is 12.4 Å². The molecule has 0 aliphatic carbocycles. The van der Waals surface area contributed by atoms with E-state index in [1.807, 2.05) is 44.2 Å². The lowest BCUT2D eigenvalue weighted by molar-refractivity contribution is -0.118. The molecule has 0 spiro atoms. The third-order valence-corrected chi connectivity index (χ3v) is 6.03. The zero-order valence-electron chi connectivity index (χ0n) is 17.1. The summed E-state index contributed by atoms with van der Waals surface area (Å²) < 4.78 is 33.2. The van der Waals surface area contributed by atoms with E-state index in [1.54, 1.807) is 18.2 Å². The lowest BCUT2D eigenvalue weighted by Gasteiger charge is -2.20. The first-order chi connectivity index (χ1) is 14.3. The van der Waals surface area contributed by atoms with Crippen molar-refractivity contribution >= 4 is 32.7 Å². The van der Waals surface area contributed by atoms with Crippen LogP contribution in [0.1, 0.15) is 20.3 Å². The Kier molecular flexibility index (Phi) is 6.69. The number of para-hydroxylation sites is 1. The van der Waals surface area contributed by atoms with Gasteiger partial charge in [0, 0.05) is 5.39 Å². The molecule has 0 fully saturated rings. The van der Waals surface area contributed by atoms with Crippen LogP contribution in [0.2, 0.25) is 0 Å². The van der Waals surface area contributed by atoms with E-state index < -0.39 is 22.0 Å². The van der Waals surface area contributed by atoms with Crippen molar-refractivity contribution in [1.29, 1.82) is 0 Å². The SMILES string of the molecule is COc1ccc(S(=O)(=O)N[C@H](CC(C)C)C(=O)Nc2ccc3ccccc3n2)cc1. The van der Waals surface area contributed by atoms with Crippen LogP contribution in [-0.2, 0) is 14.8 Å². The molecule has 0 bridgehead atoms. The molecule has 158 valence electrons. The number of carbonyl (C=O) groups is 1. The number of carbonyl (C=O) groups excluding carboxylic acids is 1. The number of rotatable bonds is 8. The minimum atomic E-state index is -3.89. The molecule has 0 aliphatic heterocycles. The second kappa shape index (κ2) is 9.23. The molecule has 8 heteroatoms. The van der Waals surface area contributed by atoms with E-state index in [0.29, 0.717) is 18.0 Å². The molecular weight excluding hydrogens is 402 g/mol. The number of amides is 1. The number of aromatic nitrogens is 1. The maximum Gasteiger partial charge on any atom is 0.243 e. The number of pyridine rings is 1. The summed E-state index contributed by atoms with van der Waals surface area (Å²) in [7, 11) is -2.38. The minimum Gasteiger partial charge on any atom is -0.497 e. The van der Waals surface area contributed by atoms with E-state index in [0.717, 1.165) is 10.9 Å². The molecular formula is C22H25N3O4S. The number of nitrogens with one attached hydrogen (secondary N) is 2. The molecule has 1 aromatic heterocycles. The zero-order valence-corrected chi connectivity index (χ0v) is 17.9. The van der Waals surface area contributed by atoms with Crippen molar-refractivity contribution in [3.8, 4) is 5.75 Å². The van der Waals surface area contributed by atoms with E-state index in [-0.39, 0.29) is 10.8 Å². The van der Waals surface area contributed by atoms with Crippen LogP contribution in [0.25, 0.3) is 10.9 Å². The number of sulfonamides is 1. The van der Waals surface area contributed by atoms with Gasteiger partial charge in [-0.05, 0) is 54.8 Å². The summed E-state index contributed by atoms with van der Waals surface area (Å²) in [6.07, 6.45) is 0.342. The van der Waals surface area contributed by atoms with Gasteiger partial charge in [-0.15, -0.1) is 0 Å². The summed E-state index contributed by atoms with van der Waals surface area (Å²) in [4.78, 5) is 17.4. The highest BCUT2D eigenvalue weighted by molar-refractivity contribution is 7.89. The average Bonchev–Trinajstić information content (AvgIpc) is 2.72. The van der Waals surface area contributed by atoms with Gasteiger partial charge in [-0.1, -0.05) is 32.0 Å². The van der Waals surface area contributed by atoms with Crippen molar-refractivity contribution in [2.24, 2.45) is 5.92 Å². The van der Waals surface area contributed by atoms with Crippen molar-refractivity contribution < 1.29 is 17.9 Å². The summed E-state index contributed by atoms with van der Waals surface area (Å²) in [5.41, 5.74) is 0.745. The minimum absolute atomic E-state index is 0.0636. The Hall–Kier alpha value is -2.97. The number of fused-ring (bicyclic) bond motifs is 1. The predicted octanol–water partition coefficient (Wildman–Crippen LogP) is 3.58. The van der Waals surface area contributed by atoms with Crippen molar-refractivity contribution in [2.45, 2.75) is 31.2 Å². The molecule has 1 atom stereocenters. The van der Waals surface area contributed by atoms with Crippen LogP contribution >= 0.6 is 0 Å². The standard InChI is InChI=1S/C22H25N3O4S/c1-15(2)14-20(25-30(27,28)18-11-9-17(29-3)10-12-18)22(26)24-21-13-8-16-6-4-5-7-19(16)23-21/h4-13,15,20,25H,14H2,1-3H3,(H,23,24,26)/t20-/m1/s1. The van der Waals surface area contributed by atoms with Gasteiger partial charge in [0.1, 0.15) is 17.6 Å². The third-order valence-electron chi connectivity index (χ3n) is 4.54. The molecule has 0 aliphatic rings. The van der Waals surface area contributed by atoms with Crippen LogP contribution in [0.3, 0.4) is 0 Å². The smallest absolute Gasteiger partial charge is 0.243 e. The van der Waals surface area contributed by atoms with Crippen LogP contribution in [0.15, 0.2) is 65.6 Å². The molecule has 1 heterocycles. The number of hydrogen-bond acceptors (Lipinski definition) is 5. The van der Waals surface area contributed by atoms with Crippen molar-refractivity contribution in [3.63, 3.8) is 0 Å². The number of ether oxygens (including phenoxy) is 1. The number of hydrogen-bond donors (Lipinski definition) is 2. The lowest BCUT2D eigenvalue weighted by Crippen LogP contribution is -2.44. The van der Waals surface area contributed by atoms with Crippen LogP contribution < -0.4 is 14.8 Å². The summed E-state index contributed by atoms with van der Waals surface area (Å²) in [6.45, 7) is 3.85. The van der Waals surface area contributed by atoms with Gasteiger partial charge < -0.3 is 10.1 Å². The first-order valence-electron chi connectivity index (χ1n) is 9.61. The molecule has 2 aromatic carbocycles. The molecule has 0 unspecified atom stereocenters. The highest BCUT2D eigenvalue weighted by atomic mass is 32.2. The van der Waals surface area contributed by atoms with Gasteiger partial charge >= 0.3 is 0 Å². The molecule has 2 N–H and O–H groups in total. The number of methoxy groups -OCH3 is 1. The van der Waals surface area contributed by atoms with E-state index in [2.05, 4.69) is 15.0 Å². The Bertz CT molecular complexity index is 1130. The van der Waals surface area contributed by atoms with E-state index >= 15 is 0 Å². The summed E-state index contributed by atoms with van der Waals surface area (Å²) in [5.74, 6) is 0.566. The van der Waals surface area contributed by atoms with Gasteiger partial charge in [0.2, 0.25) is 15.9 Å². The Morgan fingerprint density at radius 2 is 1.73 bits per heavy atom. The van der Waals surface area contributed by atoms with Gasteiger partial charge in [0.05, 0.1) is 17.5 Å². The zero-order chi connectivity index (χ0) is 21.7. The summed E-state index contributed by atoms with van der Waals surface area (Å²) >= 11 is 0. The van der Waals surface area contributed by atoms with E-state index in [4.69, 9.17) is 4.74 Å². The van der Waals surface area contributed by atoms with Gasteiger partial charge in [0.15, 0.2) is 0 Å². The Morgan fingerprint density at radius 3 is 2.40 bits per heavy atom. The predicted molar refractivity (Wildman–Crippen MR) is 117 cm³/mol. The normalized spacial score (nSPS) is 12.7. The average molecular weight is 428 g/mol.